The second-order valence-electron chi connectivity index (χ2n) is 6.84. The van der Waals surface area contributed by atoms with Gasteiger partial charge >= 0.3 is 6.03 Å². The molecule has 1 rings (SSSR count). The summed E-state index contributed by atoms with van der Waals surface area (Å²) in [6.45, 7) is 7.95. The molecular weight excluding hydrogens is 272 g/mol. The molecule has 0 aliphatic heterocycles. The van der Waals surface area contributed by atoms with Crippen molar-refractivity contribution in [1.82, 2.24) is 10.6 Å². The van der Waals surface area contributed by atoms with E-state index in [1.807, 2.05) is 6.92 Å². The zero-order chi connectivity index (χ0) is 15.2. The summed E-state index contributed by atoms with van der Waals surface area (Å²) < 4.78 is 11.2. The number of urea groups is 1. The molecule has 1 aliphatic rings. The number of nitrogens with one attached hydrogen (secondary N) is 2. The summed E-state index contributed by atoms with van der Waals surface area (Å²) in [5.41, 5.74) is 0.477. The Kier molecular flexibility index (Phi) is 7.00. The number of amides is 2. The Morgan fingerprint density at radius 3 is 2.45 bits per heavy atom. The molecule has 0 radical (unpaired) electrons. The van der Waals surface area contributed by atoms with Crippen molar-refractivity contribution >= 4 is 16.8 Å². The Bertz CT molecular complexity index is 335. The van der Waals surface area contributed by atoms with Crippen LogP contribution in [0.2, 0.25) is 0 Å². The third-order valence-electron chi connectivity index (χ3n) is 4.41. The van der Waals surface area contributed by atoms with E-state index < -0.39 is 10.8 Å². The van der Waals surface area contributed by atoms with Crippen molar-refractivity contribution < 1.29 is 9.00 Å². The highest BCUT2D eigenvalue weighted by Gasteiger charge is 2.26. The lowest BCUT2D eigenvalue weighted by molar-refractivity contribution is 0.187. The number of hydrogen-bond donors (Lipinski definition) is 2. The van der Waals surface area contributed by atoms with Gasteiger partial charge in [0.2, 0.25) is 0 Å². The molecule has 0 saturated heterocycles. The number of rotatable bonds is 6. The molecule has 0 aromatic rings. The van der Waals surface area contributed by atoms with Crippen LogP contribution in [0.1, 0.15) is 52.9 Å². The Morgan fingerprint density at radius 2 is 1.90 bits per heavy atom. The van der Waals surface area contributed by atoms with Crippen LogP contribution in [0.5, 0.6) is 0 Å². The van der Waals surface area contributed by atoms with Crippen molar-refractivity contribution in [2.75, 3.05) is 19.3 Å². The smallest absolute Gasteiger partial charge is 0.314 e. The molecule has 0 unspecified atom stereocenters. The van der Waals surface area contributed by atoms with Crippen molar-refractivity contribution in [2.24, 2.45) is 11.3 Å². The van der Waals surface area contributed by atoms with Gasteiger partial charge in [-0.3, -0.25) is 4.21 Å². The zero-order valence-electron chi connectivity index (χ0n) is 13.3. The molecule has 2 atom stereocenters. The van der Waals surface area contributed by atoms with Crippen molar-refractivity contribution in [3.05, 3.63) is 0 Å². The highest BCUT2D eigenvalue weighted by Crippen LogP contribution is 2.37. The molecule has 1 saturated carbocycles. The molecule has 2 amide bonds. The topological polar surface area (TPSA) is 58.2 Å². The third kappa shape index (κ3) is 6.73. The summed E-state index contributed by atoms with van der Waals surface area (Å²) in [6, 6.07) is -0.0936. The summed E-state index contributed by atoms with van der Waals surface area (Å²) in [5.74, 6) is 0.621. The van der Waals surface area contributed by atoms with Gasteiger partial charge in [0, 0.05) is 35.4 Å². The molecule has 1 fully saturated rings. The fourth-order valence-electron chi connectivity index (χ4n) is 2.52. The van der Waals surface area contributed by atoms with Crippen molar-refractivity contribution in [3.8, 4) is 0 Å². The van der Waals surface area contributed by atoms with E-state index in [2.05, 4.69) is 24.5 Å². The van der Waals surface area contributed by atoms with Gasteiger partial charge in [0.05, 0.1) is 0 Å². The summed E-state index contributed by atoms with van der Waals surface area (Å²) in [6.07, 6.45) is 7.38. The minimum Gasteiger partial charge on any atom is -0.338 e. The van der Waals surface area contributed by atoms with E-state index in [0.717, 1.165) is 13.0 Å². The first kappa shape index (κ1) is 17.5. The molecule has 1 aliphatic carbocycles. The second-order valence-corrected chi connectivity index (χ2v) is 8.64. The van der Waals surface area contributed by atoms with E-state index in [0.29, 0.717) is 17.9 Å². The molecule has 0 aromatic heterocycles. The zero-order valence-corrected chi connectivity index (χ0v) is 14.1. The number of hydrogen-bond acceptors (Lipinski definition) is 2. The fraction of sp³-hybridized carbons (Fsp3) is 0.933. The van der Waals surface area contributed by atoms with Crippen LogP contribution in [-0.4, -0.2) is 34.8 Å². The third-order valence-corrected chi connectivity index (χ3v) is 5.78. The van der Waals surface area contributed by atoms with Crippen molar-refractivity contribution in [3.63, 3.8) is 0 Å². The Morgan fingerprint density at radius 1 is 1.30 bits per heavy atom. The maximum Gasteiger partial charge on any atom is 0.314 e. The van der Waals surface area contributed by atoms with Gasteiger partial charge in [-0.05, 0) is 43.4 Å². The summed E-state index contributed by atoms with van der Waals surface area (Å²) in [7, 11) is -0.812. The Hall–Kier alpha value is -0.580. The lowest BCUT2D eigenvalue weighted by atomic mass is 9.73. The molecule has 0 heterocycles. The fourth-order valence-corrected chi connectivity index (χ4v) is 2.97. The lowest BCUT2D eigenvalue weighted by Gasteiger charge is -2.34. The molecule has 0 aromatic carbocycles. The first-order chi connectivity index (χ1) is 9.30. The Labute approximate surface area is 125 Å². The number of carbonyl (C=O) groups excluding carboxylic acids is 1. The van der Waals surface area contributed by atoms with Gasteiger partial charge in [0.25, 0.3) is 0 Å². The number of carbonyl (C=O) groups is 1. The van der Waals surface area contributed by atoms with E-state index in [4.69, 9.17) is 0 Å². The van der Waals surface area contributed by atoms with Crippen LogP contribution >= 0.6 is 0 Å². The van der Waals surface area contributed by atoms with Gasteiger partial charge < -0.3 is 10.6 Å². The van der Waals surface area contributed by atoms with Crippen LogP contribution in [-0.2, 0) is 10.8 Å². The van der Waals surface area contributed by atoms with E-state index in [-0.39, 0.29) is 11.3 Å². The quantitative estimate of drug-likeness (QED) is 0.792. The monoisotopic (exact) mass is 302 g/mol. The predicted octanol–water partition coefficient (Wildman–Crippen LogP) is 2.66. The average molecular weight is 302 g/mol. The molecule has 20 heavy (non-hydrogen) atoms. The van der Waals surface area contributed by atoms with Crippen LogP contribution in [0.4, 0.5) is 4.79 Å². The van der Waals surface area contributed by atoms with Crippen molar-refractivity contribution in [1.29, 1.82) is 0 Å². The molecular formula is C15H30N2O2S. The van der Waals surface area contributed by atoms with Crippen LogP contribution in [0.15, 0.2) is 0 Å². The molecule has 0 bridgehead atoms. The lowest BCUT2D eigenvalue weighted by Crippen LogP contribution is -2.40. The highest BCUT2D eigenvalue weighted by molar-refractivity contribution is 7.84. The van der Waals surface area contributed by atoms with Crippen LogP contribution in [0.3, 0.4) is 0 Å². The van der Waals surface area contributed by atoms with E-state index in [1.165, 1.54) is 25.7 Å². The van der Waals surface area contributed by atoms with Gasteiger partial charge in [0.1, 0.15) is 0 Å². The molecule has 2 N–H and O–H groups in total. The van der Waals surface area contributed by atoms with Gasteiger partial charge in [0.15, 0.2) is 0 Å². The van der Waals surface area contributed by atoms with Gasteiger partial charge in [-0.25, -0.2) is 4.79 Å². The van der Waals surface area contributed by atoms with Gasteiger partial charge in [-0.1, -0.05) is 20.8 Å². The van der Waals surface area contributed by atoms with Crippen LogP contribution < -0.4 is 10.6 Å². The first-order valence-electron chi connectivity index (χ1n) is 7.64. The molecule has 118 valence electrons. The summed E-state index contributed by atoms with van der Waals surface area (Å²) in [5, 5.41) is 5.93. The predicted molar refractivity (Wildman–Crippen MR) is 85.3 cm³/mol. The first-order valence-corrected chi connectivity index (χ1v) is 9.26. The largest absolute Gasteiger partial charge is 0.338 e. The maximum absolute atomic E-state index is 11.7. The van der Waals surface area contributed by atoms with E-state index in [9.17, 15) is 9.00 Å². The normalized spacial score (nSPS) is 22.0. The minimum atomic E-state index is -0.812. The van der Waals surface area contributed by atoms with E-state index >= 15 is 0 Å². The van der Waals surface area contributed by atoms with Crippen LogP contribution in [0, 0.1) is 11.3 Å². The van der Waals surface area contributed by atoms with E-state index in [1.54, 1.807) is 6.26 Å². The molecule has 5 heteroatoms. The Balaban J connectivity index is 2.10. The molecule has 0 spiro atoms. The van der Waals surface area contributed by atoms with Gasteiger partial charge in [-0.2, -0.15) is 0 Å². The summed E-state index contributed by atoms with van der Waals surface area (Å²) >= 11 is 0. The van der Waals surface area contributed by atoms with Gasteiger partial charge in [-0.15, -0.1) is 0 Å². The SMILES string of the molecule is C[C@@H](CCNC(=O)NCC1CCC(C)(C)CC1)[S@@](C)=O. The minimum absolute atomic E-state index is 0.0936. The molecule has 4 nitrogen and oxygen atoms in total. The van der Waals surface area contributed by atoms with Crippen molar-refractivity contribution in [2.45, 2.75) is 58.1 Å². The maximum atomic E-state index is 11.7. The standard InChI is InChI=1S/C15H30N2O2S/c1-12(20(4)19)7-10-16-14(18)17-11-13-5-8-15(2,3)9-6-13/h12-13H,5-11H2,1-4H3,(H2,16,17,18)/t12-,20+/m0/s1. The van der Waals surface area contributed by atoms with Crippen LogP contribution in [0.25, 0.3) is 0 Å². The highest BCUT2D eigenvalue weighted by atomic mass is 32.2. The second kappa shape index (κ2) is 8.01. The summed E-state index contributed by atoms with van der Waals surface area (Å²) in [4.78, 5) is 11.7. The average Bonchev–Trinajstić information content (AvgIpc) is 2.37.